The monoisotopic (exact) mass is 392 g/mol. The fourth-order valence-corrected chi connectivity index (χ4v) is 2.66. The second-order valence-corrected chi connectivity index (χ2v) is 6.63. The van der Waals surface area contributed by atoms with Crippen molar-refractivity contribution in [1.82, 2.24) is 5.32 Å². The second-order valence-electron chi connectivity index (χ2n) is 4.00. The van der Waals surface area contributed by atoms with Gasteiger partial charge in [-0.3, -0.25) is 0 Å². The van der Waals surface area contributed by atoms with Crippen molar-refractivity contribution in [3.8, 4) is 0 Å². The number of primary sulfonamides is 1. The molecule has 1 aromatic carbocycles. The molecule has 7 heteroatoms. The number of benzene rings is 1. The number of hydrogen-bond donors (Lipinski definition) is 2. The highest BCUT2D eigenvalue weighted by Crippen LogP contribution is 2.11. The molecule has 0 spiro atoms. The van der Waals surface area contributed by atoms with E-state index in [9.17, 15) is 8.42 Å². The third-order valence-corrected chi connectivity index (χ3v) is 3.97. The van der Waals surface area contributed by atoms with Gasteiger partial charge in [0.15, 0.2) is 3.77 Å². The Balaban J connectivity index is 1.96. The van der Waals surface area contributed by atoms with E-state index in [4.69, 9.17) is 9.56 Å². The van der Waals surface area contributed by atoms with Gasteiger partial charge in [0.05, 0.1) is 11.4 Å². The van der Waals surface area contributed by atoms with Gasteiger partial charge in [-0.2, -0.15) is 0 Å². The standard InChI is InChI=1S/C12H13IN2O3S/c13-12-5-4-10(18-12)8-15-7-9-2-1-3-11(6-9)19(14,16)17/h1-6,15H,7-8H2,(H2,14,16,17). The second kappa shape index (κ2) is 6.04. The van der Waals surface area contributed by atoms with Crippen molar-refractivity contribution in [3.63, 3.8) is 0 Å². The first-order valence-corrected chi connectivity index (χ1v) is 8.14. The Labute approximate surface area is 125 Å². The molecule has 0 saturated carbocycles. The van der Waals surface area contributed by atoms with Gasteiger partial charge in [-0.05, 0) is 52.4 Å². The Hall–Kier alpha value is -0.900. The van der Waals surface area contributed by atoms with Gasteiger partial charge in [-0.1, -0.05) is 12.1 Å². The van der Waals surface area contributed by atoms with Crippen LogP contribution in [0.3, 0.4) is 0 Å². The first-order valence-electron chi connectivity index (χ1n) is 5.52. The van der Waals surface area contributed by atoms with Gasteiger partial charge < -0.3 is 9.73 Å². The van der Waals surface area contributed by atoms with E-state index in [1.807, 2.05) is 18.2 Å². The summed E-state index contributed by atoms with van der Waals surface area (Å²) in [6, 6.07) is 10.3. The lowest BCUT2D eigenvalue weighted by Crippen LogP contribution is -2.15. The van der Waals surface area contributed by atoms with Crippen LogP contribution in [0.1, 0.15) is 11.3 Å². The van der Waals surface area contributed by atoms with Crippen molar-refractivity contribution in [2.45, 2.75) is 18.0 Å². The molecule has 2 aromatic rings. The molecule has 0 unspecified atom stereocenters. The summed E-state index contributed by atoms with van der Waals surface area (Å²) in [7, 11) is -3.65. The molecule has 0 aliphatic rings. The average molecular weight is 392 g/mol. The number of sulfonamides is 1. The summed E-state index contributed by atoms with van der Waals surface area (Å²) in [5.41, 5.74) is 0.854. The number of nitrogens with one attached hydrogen (secondary N) is 1. The fourth-order valence-electron chi connectivity index (χ4n) is 1.61. The van der Waals surface area contributed by atoms with Gasteiger partial charge in [-0.15, -0.1) is 0 Å². The Bertz CT molecular complexity index is 667. The van der Waals surface area contributed by atoms with Gasteiger partial charge in [-0.25, -0.2) is 13.6 Å². The normalized spacial score (nSPS) is 11.7. The maximum absolute atomic E-state index is 11.2. The zero-order chi connectivity index (χ0) is 13.9. The maximum Gasteiger partial charge on any atom is 0.238 e. The molecule has 0 radical (unpaired) electrons. The predicted molar refractivity (Wildman–Crippen MR) is 79.8 cm³/mol. The Morgan fingerprint density at radius 1 is 1.21 bits per heavy atom. The summed E-state index contributed by atoms with van der Waals surface area (Å²) in [5.74, 6) is 0.840. The van der Waals surface area contributed by atoms with Crippen LogP contribution in [-0.4, -0.2) is 8.42 Å². The van der Waals surface area contributed by atoms with Crippen molar-refractivity contribution in [2.75, 3.05) is 0 Å². The molecule has 0 saturated heterocycles. The molecular weight excluding hydrogens is 379 g/mol. The van der Waals surface area contributed by atoms with Crippen LogP contribution in [0.15, 0.2) is 45.7 Å². The molecule has 5 nitrogen and oxygen atoms in total. The van der Waals surface area contributed by atoms with Crippen LogP contribution in [0.25, 0.3) is 0 Å². The van der Waals surface area contributed by atoms with E-state index in [-0.39, 0.29) is 4.90 Å². The number of furan rings is 1. The number of rotatable bonds is 5. The van der Waals surface area contributed by atoms with Crippen molar-refractivity contribution >= 4 is 32.6 Å². The first-order chi connectivity index (χ1) is 8.95. The summed E-state index contributed by atoms with van der Waals surface area (Å²) in [6.07, 6.45) is 0. The molecule has 19 heavy (non-hydrogen) atoms. The van der Waals surface area contributed by atoms with Crippen LogP contribution < -0.4 is 10.5 Å². The zero-order valence-electron chi connectivity index (χ0n) is 9.97. The molecule has 0 atom stereocenters. The quantitative estimate of drug-likeness (QED) is 0.761. The van der Waals surface area contributed by atoms with Crippen LogP contribution >= 0.6 is 22.6 Å². The van der Waals surface area contributed by atoms with Gasteiger partial charge in [0.2, 0.25) is 10.0 Å². The van der Waals surface area contributed by atoms with Gasteiger partial charge in [0.1, 0.15) is 5.76 Å². The largest absolute Gasteiger partial charge is 0.454 e. The Kier molecular flexibility index (Phi) is 4.61. The van der Waals surface area contributed by atoms with Crippen LogP contribution in [0.5, 0.6) is 0 Å². The highest BCUT2D eigenvalue weighted by molar-refractivity contribution is 14.1. The van der Waals surface area contributed by atoms with Crippen LogP contribution in [0.2, 0.25) is 0 Å². The summed E-state index contributed by atoms with van der Waals surface area (Å²) < 4.78 is 28.7. The minimum absolute atomic E-state index is 0.124. The third kappa shape index (κ3) is 4.30. The lowest BCUT2D eigenvalue weighted by atomic mass is 10.2. The summed E-state index contributed by atoms with van der Waals surface area (Å²) >= 11 is 2.10. The fraction of sp³-hybridized carbons (Fsp3) is 0.167. The highest BCUT2D eigenvalue weighted by atomic mass is 127. The van der Waals surface area contributed by atoms with Crippen molar-refractivity contribution < 1.29 is 12.8 Å². The molecular formula is C12H13IN2O3S. The van der Waals surface area contributed by atoms with Gasteiger partial charge in [0.25, 0.3) is 0 Å². The molecule has 3 N–H and O–H groups in total. The Morgan fingerprint density at radius 3 is 2.63 bits per heavy atom. The van der Waals surface area contributed by atoms with E-state index in [0.717, 1.165) is 15.1 Å². The molecule has 102 valence electrons. The van der Waals surface area contributed by atoms with Crippen LogP contribution in [0.4, 0.5) is 0 Å². The van der Waals surface area contributed by atoms with E-state index in [2.05, 4.69) is 27.9 Å². The molecule has 0 bridgehead atoms. The molecule has 1 aromatic heterocycles. The average Bonchev–Trinajstić information content (AvgIpc) is 2.74. The van der Waals surface area contributed by atoms with Crippen molar-refractivity contribution in [2.24, 2.45) is 5.14 Å². The molecule has 2 rings (SSSR count). The third-order valence-electron chi connectivity index (χ3n) is 2.48. The van der Waals surface area contributed by atoms with Gasteiger partial charge >= 0.3 is 0 Å². The summed E-state index contributed by atoms with van der Waals surface area (Å²) in [4.78, 5) is 0.124. The SMILES string of the molecule is NS(=O)(=O)c1cccc(CNCc2ccc(I)o2)c1. The Morgan fingerprint density at radius 2 is 2.00 bits per heavy atom. The summed E-state index contributed by atoms with van der Waals surface area (Å²) in [6.45, 7) is 1.13. The lowest BCUT2D eigenvalue weighted by molar-refractivity contribution is 0.463. The van der Waals surface area contributed by atoms with E-state index in [0.29, 0.717) is 13.1 Å². The summed E-state index contributed by atoms with van der Waals surface area (Å²) in [5, 5.41) is 8.26. The highest BCUT2D eigenvalue weighted by Gasteiger charge is 2.07. The van der Waals surface area contributed by atoms with Crippen molar-refractivity contribution in [1.29, 1.82) is 0 Å². The minimum Gasteiger partial charge on any atom is -0.454 e. The predicted octanol–water partition coefficient (Wildman–Crippen LogP) is 1.82. The topological polar surface area (TPSA) is 85.3 Å². The van der Waals surface area contributed by atoms with E-state index < -0.39 is 10.0 Å². The van der Waals surface area contributed by atoms with E-state index in [1.54, 1.807) is 12.1 Å². The maximum atomic E-state index is 11.2. The lowest BCUT2D eigenvalue weighted by Gasteiger charge is -2.05. The minimum atomic E-state index is -3.65. The number of nitrogens with two attached hydrogens (primary N) is 1. The van der Waals surface area contributed by atoms with Gasteiger partial charge in [0, 0.05) is 6.54 Å². The molecule has 0 fully saturated rings. The smallest absolute Gasteiger partial charge is 0.238 e. The number of halogens is 1. The van der Waals surface area contributed by atoms with Crippen molar-refractivity contribution in [3.05, 3.63) is 51.5 Å². The molecule has 0 aliphatic carbocycles. The van der Waals surface area contributed by atoms with E-state index in [1.165, 1.54) is 6.07 Å². The molecule has 0 amide bonds. The van der Waals surface area contributed by atoms with Crippen LogP contribution in [0, 0.1) is 3.77 Å². The van der Waals surface area contributed by atoms with E-state index >= 15 is 0 Å². The molecule has 1 heterocycles. The van der Waals surface area contributed by atoms with Crippen LogP contribution in [-0.2, 0) is 23.1 Å². The zero-order valence-corrected chi connectivity index (χ0v) is 12.9. The number of hydrogen-bond acceptors (Lipinski definition) is 4. The molecule has 0 aliphatic heterocycles. The first kappa shape index (κ1) is 14.5.